The van der Waals surface area contributed by atoms with Gasteiger partial charge in [0.25, 0.3) is 0 Å². The normalized spacial score (nSPS) is 39.9. The number of hydrogen-bond acceptors (Lipinski definition) is 2. The van der Waals surface area contributed by atoms with Crippen molar-refractivity contribution in [1.82, 2.24) is 8.43 Å². The first-order chi connectivity index (χ1) is 4.73. The standard InChI is InChI=1S/C7H11IN2/c1-6-7(4-9-6)2-3-10(8)5-7/h9H,1-5H2. The Morgan fingerprint density at radius 3 is 2.70 bits per heavy atom. The van der Waals surface area contributed by atoms with Crippen LogP contribution in [0, 0.1) is 5.41 Å². The van der Waals surface area contributed by atoms with Crippen molar-refractivity contribution in [2.45, 2.75) is 6.42 Å². The Kier molecular flexibility index (Phi) is 1.46. The maximum Gasteiger partial charge on any atom is 0.0414 e. The van der Waals surface area contributed by atoms with Gasteiger partial charge in [0.2, 0.25) is 0 Å². The van der Waals surface area contributed by atoms with Crippen molar-refractivity contribution in [3.05, 3.63) is 12.3 Å². The molecule has 0 radical (unpaired) electrons. The van der Waals surface area contributed by atoms with E-state index in [1.54, 1.807) is 0 Å². The molecule has 2 rings (SSSR count). The van der Waals surface area contributed by atoms with Gasteiger partial charge in [-0.25, -0.2) is 3.11 Å². The lowest BCUT2D eigenvalue weighted by Crippen LogP contribution is -2.51. The van der Waals surface area contributed by atoms with Crippen molar-refractivity contribution in [3.63, 3.8) is 0 Å². The SMILES string of the molecule is C=C1NCC12CCN(I)C2. The summed E-state index contributed by atoms with van der Waals surface area (Å²) in [7, 11) is 0. The van der Waals surface area contributed by atoms with E-state index in [4.69, 9.17) is 0 Å². The third-order valence-corrected chi connectivity index (χ3v) is 3.41. The Morgan fingerprint density at radius 2 is 2.50 bits per heavy atom. The van der Waals surface area contributed by atoms with Gasteiger partial charge in [-0.1, -0.05) is 6.58 Å². The van der Waals surface area contributed by atoms with Gasteiger partial charge in [0, 0.05) is 53.6 Å². The first-order valence-corrected chi connectivity index (χ1v) is 4.53. The molecule has 2 fully saturated rings. The number of halogens is 1. The Labute approximate surface area is 75.2 Å². The second-order valence-electron chi connectivity index (χ2n) is 3.21. The van der Waals surface area contributed by atoms with Gasteiger partial charge in [-0.05, 0) is 6.42 Å². The molecule has 0 aliphatic carbocycles. The molecule has 0 aromatic heterocycles. The highest BCUT2D eigenvalue weighted by atomic mass is 127. The zero-order valence-corrected chi connectivity index (χ0v) is 8.02. The van der Waals surface area contributed by atoms with Crippen molar-refractivity contribution in [2.24, 2.45) is 5.41 Å². The minimum Gasteiger partial charge on any atom is -0.387 e. The Morgan fingerprint density at radius 1 is 1.70 bits per heavy atom. The zero-order chi connectivity index (χ0) is 7.19. The fraction of sp³-hybridized carbons (Fsp3) is 0.714. The van der Waals surface area contributed by atoms with Crippen molar-refractivity contribution < 1.29 is 0 Å². The van der Waals surface area contributed by atoms with Gasteiger partial charge in [-0.15, -0.1) is 0 Å². The first-order valence-electron chi connectivity index (χ1n) is 3.57. The van der Waals surface area contributed by atoms with Crippen LogP contribution in [0.5, 0.6) is 0 Å². The molecule has 10 heavy (non-hydrogen) atoms. The molecule has 2 aliphatic heterocycles. The first kappa shape index (κ1) is 6.91. The van der Waals surface area contributed by atoms with E-state index in [9.17, 15) is 0 Å². The summed E-state index contributed by atoms with van der Waals surface area (Å²) in [5.41, 5.74) is 1.72. The molecule has 2 nitrogen and oxygen atoms in total. The maximum atomic E-state index is 3.99. The predicted molar refractivity (Wildman–Crippen MR) is 49.8 cm³/mol. The van der Waals surface area contributed by atoms with Gasteiger partial charge < -0.3 is 5.32 Å². The smallest absolute Gasteiger partial charge is 0.0414 e. The second kappa shape index (κ2) is 2.11. The zero-order valence-electron chi connectivity index (χ0n) is 5.86. The molecule has 3 heteroatoms. The van der Waals surface area contributed by atoms with Crippen molar-refractivity contribution >= 4 is 22.9 Å². The van der Waals surface area contributed by atoms with Gasteiger partial charge in [0.15, 0.2) is 0 Å². The van der Waals surface area contributed by atoms with E-state index in [1.165, 1.54) is 25.2 Å². The molecular formula is C7H11IN2. The summed E-state index contributed by atoms with van der Waals surface area (Å²) in [6.07, 6.45) is 1.29. The molecule has 1 N–H and O–H groups in total. The number of nitrogens with one attached hydrogen (secondary N) is 1. The fourth-order valence-electron chi connectivity index (χ4n) is 1.68. The number of nitrogens with zero attached hydrogens (tertiary/aromatic N) is 1. The second-order valence-corrected chi connectivity index (χ2v) is 4.57. The molecular weight excluding hydrogens is 239 g/mol. The van der Waals surface area contributed by atoms with E-state index < -0.39 is 0 Å². The highest BCUT2D eigenvalue weighted by Crippen LogP contribution is 2.41. The summed E-state index contributed by atoms with van der Waals surface area (Å²) in [4.78, 5) is 0. The molecule has 0 aromatic rings. The van der Waals surface area contributed by atoms with Crippen molar-refractivity contribution in [2.75, 3.05) is 19.6 Å². The highest BCUT2D eigenvalue weighted by molar-refractivity contribution is 14.1. The van der Waals surface area contributed by atoms with Crippen LogP contribution in [-0.2, 0) is 0 Å². The average Bonchev–Trinajstić information content (AvgIpc) is 2.31. The molecule has 0 bridgehead atoms. The van der Waals surface area contributed by atoms with Crippen LogP contribution in [0.4, 0.5) is 0 Å². The molecule has 2 saturated heterocycles. The van der Waals surface area contributed by atoms with E-state index in [-0.39, 0.29) is 0 Å². The quantitative estimate of drug-likeness (QED) is 0.512. The molecule has 1 unspecified atom stereocenters. The lowest BCUT2D eigenvalue weighted by atomic mass is 9.78. The van der Waals surface area contributed by atoms with Crippen LogP contribution in [-0.4, -0.2) is 22.7 Å². The summed E-state index contributed by atoms with van der Waals surface area (Å²) in [6.45, 7) is 7.55. The molecule has 0 amide bonds. The number of rotatable bonds is 0. The van der Waals surface area contributed by atoms with Gasteiger partial charge in [-0.2, -0.15) is 0 Å². The van der Waals surface area contributed by atoms with E-state index in [0.29, 0.717) is 5.41 Å². The lowest BCUT2D eigenvalue weighted by Gasteiger charge is -2.42. The molecule has 56 valence electrons. The minimum absolute atomic E-state index is 0.460. The Hall–Kier alpha value is 0.230. The van der Waals surface area contributed by atoms with Crippen molar-refractivity contribution in [1.29, 1.82) is 0 Å². The van der Waals surface area contributed by atoms with E-state index >= 15 is 0 Å². The Balaban J connectivity index is 2.11. The highest BCUT2D eigenvalue weighted by Gasteiger charge is 2.45. The van der Waals surface area contributed by atoms with E-state index in [1.807, 2.05) is 0 Å². The van der Waals surface area contributed by atoms with Crippen LogP contribution in [0.25, 0.3) is 0 Å². The predicted octanol–water partition coefficient (Wildman–Crippen LogP) is 1.15. The molecule has 0 aromatic carbocycles. The molecule has 1 atom stereocenters. The monoisotopic (exact) mass is 250 g/mol. The summed E-state index contributed by atoms with van der Waals surface area (Å²) < 4.78 is 2.35. The van der Waals surface area contributed by atoms with Crippen LogP contribution in [0.15, 0.2) is 12.3 Å². The third kappa shape index (κ3) is 0.797. The minimum atomic E-state index is 0.460. The van der Waals surface area contributed by atoms with Crippen LogP contribution in [0.1, 0.15) is 6.42 Å². The molecule has 2 aliphatic rings. The third-order valence-electron chi connectivity index (χ3n) is 2.59. The maximum absolute atomic E-state index is 3.99. The van der Waals surface area contributed by atoms with Gasteiger partial charge >= 0.3 is 0 Å². The van der Waals surface area contributed by atoms with Crippen LogP contribution in [0.3, 0.4) is 0 Å². The lowest BCUT2D eigenvalue weighted by molar-refractivity contribution is 0.265. The fourth-order valence-corrected chi connectivity index (χ4v) is 2.57. The molecule has 2 heterocycles. The summed E-state index contributed by atoms with van der Waals surface area (Å²) >= 11 is 2.39. The molecule has 1 spiro atoms. The summed E-state index contributed by atoms with van der Waals surface area (Å²) in [6, 6.07) is 0. The van der Waals surface area contributed by atoms with Crippen LogP contribution < -0.4 is 5.32 Å². The van der Waals surface area contributed by atoms with E-state index in [0.717, 1.165) is 6.54 Å². The summed E-state index contributed by atoms with van der Waals surface area (Å²) in [5.74, 6) is 0. The largest absolute Gasteiger partial charge is 0.387 e. The number of hydrogen-bond donors (Lipinski definition) is 1. The van der Waals surface area contributed by atoms with E-state index in [2.05, 4.69) is 37.9 Å². The summed E-state index contributed by atoms with van der Waals surface area (Å²) in [5, 5.41) is 3.24. The van der Waals surface area contributed by atoms with Crippen LogP contribution in [0.2, 0.25) is 0 Å². The van der Waals surface area contributed by atoms with Gasteiger partial charge in [-0.3, -0.25) is 0 Å². The van der Waals surface area contributed by atoms with Gasteiger partial charge in [0.05, 0.1) is 0 Å². The average molecular weight is 250 g/mol. The molecule has 0 saturated carbocycles. The van der Waals surface area contributed by atoms with Crippen LogP contribution >= 0.6 is 22.9 Å². The Bertz CT molecular complexity index is 180. The van der Waals surface area contributed by atoms with Gasteiger partial charge in [0.1, 0.15) is 0 Å². The topological polar surface area (TPSA) is 15.3 Å². The van der Waals surface area contributed by atoms with Crippen molar-refractivity contribution in [3.8, 4) is 0 Å².